The van der Waals surface area contributed by atoms with Crippen LogP contribution in [-0.4, -0.2) is 110 Å². The van der Waals surface area contributed by atoms with E-state index in [4.69, 9.17) is 5.73 Å². The van der Waals surface area contributed by atoms with Crippen molar-refractivity contribution in [3.63, 3.8) is 0 Å². The number of carbonyl (C=O) groups is 2. The minimum atomic E-state index is -0.442. The molecule has 8 saturated carbocycles. The molecule has 0 radical (unpaired) electrons. The fourth-order valence-electron chi connectivity index (χ4n) is 18.8. The highest BCUT2D eigenvalue weighted by Crippen LogP contribution is 2.70. The Balaban J connectivity index is 0.00000648. The van der Waals surface area contributed by atoms with E-state index < -0.39 is 24.4 Å². The van der Waals surface area contributed by atoms with Crippen molar-refractivity contribution in [3.05, 3.63) is 0 Å². The predicted molar refractivity (Wildman–Crippen MR) is 260 cm³/mol. The molecule has 8 aliphatic carbocycles. The quantitative estimate of drug-likeness (QED) is 0.0811. The molecule has 66 heavy (non-hydrogen) atoms. The maximum Gasteiger partial charge on any atom is 0.222 e. The van der Waals surface area contributed by atoms with Crippen LogP contribution < -0.4 is 11.1 Å². The van der Waals surface area contributed by atoms with Crippen molar-refractivity contribution in [2.24, 2.45) is 98.4 Å². The highest BCUT2D eigenvalue weighted by Gasteiger charge is 2.67. The molecule has 12 heteroatoms. The van der Waals surface area contributed by atoms with Crippen LogP contribution in [0.25, 0.3) is 0 Å². The number of carbonyl (C=O) groups excluding carboxylic acids is 2. The van der Waals surface area contributed by atoms with Gasteiger partial charge in [-0.3, -0.25) is 9.59 Å². The van der Waals surface area contributed by atoms with E-state index in [0.29, 0.717) is 69.6 Å². The van der Waals surface area contributed by atoms with E-state index >= 15 is 0 Å². The van der Waals surface area contributed by atoms with Crippen molar-refractivity contribution in [3.8, 4) is 0 Å². The summed E-state index contributed by atoms with van der Waals surface area (Å²) in [4.78, 5) is 29.0. The molecule has 11 nitrogen and oxygen atoms in total. The summed E-state index contributed by atoms with van der Waals surface area (Å²) in [5, 5.41) is 71.5. The molecule has 0 heterocycles. The molecule has 0 saturated heterocycles. The van der Waals surface area contributed by atoms with Gasteiger partial charge < -0.3 is 46.6 Å². The van der Waals surface area contributed by atoms with Crippen LogP contribution in [0.1, 0.15) is 170 Å². The van der Waals surface area contributed by atoms with Gasteiger partial charge in [0, 0.05) is 32.5 Å². The van der Waals surface area contributed by atoms with Crippen molar-refractivity contribution in [2.45, 2.75) is 207 Å². The second-order valence-corrected chi connectivity index (χ2v) is 25.3. The fraction of sp³-hybridized carbons (Fsp3) is 0.963. The molecule has 0 spiro atoms. The third-order valence-corrected chi connectivity index (χ3v) is 22.6. The van der Waals surface area contributed by atoms with Gasteiger partial charge in [-0.2, -0.15) is 0 Å². The molecule has 0 aromatic heterocycles. The highest BCUT2D eigenvalue weighted by molar-refractivity contribution is 5.85. The van der Waals surface area contributed by atoms with Gasteiger partial charge in [-0.25, -0.2) is 0 Å². The molecule has 8 rings (SSSR count). The van der Waals surface area contributed by atoms with Gasteiger partial charge in [-0.15, -0.1) is 12.4 Å². The van der Waals surface area contributed by atoms with Crippen LogP contribution in [0.5, 0.6) is 0 Å². The summed E-state index contributed by atoms with van der Waals surface area (Å²) < 4.78 is 0. The minimum Gasteiger partial charge on any atom is -0.393 e. The molecule has 22 atom stereocenters. The lowest BCUT2D eigenvalue weighted by Crippen LogP contribution is -2.62. The SMILES string of the molecule is C[C@H](CCC(=O)NCCCN(CCCN)C(=O)CC[C@@H](C)[C@H]1CC[C@H]2[C@@H]3[C@H](O)C[C@@H]4C[C@H](O)CC[C@]4(C)[C@H]3C[C@H](O)[C@]12C)[C@H]1CC[C@H]2[C@@H]3[C@H](O)C[C@@H]4C[C@H](O)CC[C@]4(C)[C@H]3C[C@H](O)[C@]12C.Cl. The van der Waals surface area contributed by atoms with E-state index in [2.05, 4.69) is 46.9 Å². The van der Waals surface area contributed by atoms with Gasteiger partial charge in [0.15, 0.2) is 0 Å². The normalized spacial score (nSPS) is 48.0. The smallest absolute Gasteiger partial charge is 0.222 e. The number of aliphatic hydroxyl groups excluding tert-OH is 6. The second kappa shape index (κ2) is 20.6. The van der Waals surface area contributed by atoms with E-state index in [0.717, 1.165) is 103 Å². The minimum absolute atomic E-state index is 0. The number of rotatable bonds is 15. The standard InChI is InChI=1S/C54H93N3O8.ClH/c1-31(37-11-13-39-49-41(29-45(62)53(37,39)5)51(3)19-17-35(58)25-33(51)27-43(49)60)9-15-47(64)56-22-8-24-57(23-7-21-55)48(65)16-10-32(2)38-12-14-40-50-42(30-46(63)54(38,40)6)52(4)20-18-36(59)26-34(52)28-44(50)61;/h31-46,49-50,58-63H,7-30,55H2,1-6H3,(H,56,64);1H/t31-,32-,33+,34+,35-,36-,37-,38-,39+,40+,41+,42+,43-,44-,45+,46+,49+,50+,51+,52+,53-,54-;/m1./s1. The Labute approximate surface area is 404 Å². The number of halogens is 1. The van der Waals surface area contributed by atoms with Gasteiger partial charge >= 0.3 is 0 Å². The number of hydrogen-bond donors (Lipinski definition) is 8. The van der Waals surface area contributed by atoms with Crippen LogP contribution in [0.4, 0.5) is 0 Å². The second-order valence-electron chi connectivity index (χ2n) is 25.3. The van der Waals surface area contributed by atoms with Gasteiger partial charge in [0.2, 0.25) is 11.8 Å². The fourth-order valence-corrected chi connectivity index (χ4v) is 18.8. The Morgan fingerprint density at radius 1 is 0.621 bits per heavy atom. The molecule has 0 aliphatic heterocycles. The molecule has 0 bridgehead atoms. The first-order valence-corrected chi connectivity index (χ1v) is 27.1. The summed E-state index contributed by atoms with van der Waals surface area (Å²) in [6, 6.07) is 0. The summed E-state index contributed by atoms with van der Waals surface area (Å²) in [7, 11) is 0. The van der Waals surface area contributed by atoms with Crippen LogP contribution in [0.15, 0.2) is 0 Å². The Bertz CT molecular complexity index is 1680. The van der Waals surface area contributed by atoms with Gasteiger partial charge in [-0.1, -0.05) is 41.5 Å². The number of nitrogens with one attached hydrogen (secondary N) is 1. The first-order valence-electron chi connectivity index (χ1n) is 27.1. The first kappa shape index (κ1) is 52.8. The summed E-state index contributed by atoms with van der Waals surface area (Å²) >= 11 is 0. The molecule has 2 amide bonds. The topological polar surface area (TPSA) is 197 Å². The van der Waals surface area contributed by atoms with Crippen LogP contribution in [0.3, 0.4) is 0 Å². The van der Waals surface area contributed by atoms with Gasteiger partial charge in [0.1, 0.15) is 0 Å². The Morgan fingerprint density at radius 3 is 1.55 bits per heavy atom. The summed E-state index contributed by atoms with van der Waals surface area (Å²) in [5.41, 5.74) is 5.44. The van der Waals surface area contributed by atoms with Crippen molar-refractivity contribution in [1.29, 1.82) is 0 Å². The van der Waals surface area contributed by atoms with E-state index in [1.54, 1.807) is 0 Å². The van der Waals surface area contributed by atoms with Gasteiger partial charge in [0.05, 0.1) is 36.6 Å². The third kappa shape index (κ3) is 9.21. The first-order chi connectivity index (χ1) is 30.8. The number of hydrogen-bond acceptors (Lipinski definition) is 9. The van der Waals surface area contributed by atoms with Crippen molar-refractivity contribution in [1.82, 2.24) is 10.2 Å². The molecule has 0 aromatic carbocycles. The van der Waals surface area contributed by atoms with E-state index in [9.17, 15) is 40.2 Å². The number of nitrogens with two attached hydrogens (primary N) is 1. The average Bonchev–Trinajstić information content (AvgIpc) is 3.82. The maximum atomic E-state index is 13.8. The van der Waals surface area contributed by atoms with Crippen molar-refractivity contribution >= 4 is 24.2 Å². The van der Waals surface area contributed by atoms with Crippen molar-refractivity contribution < 1.29 is 40.2 Å². The summed E-state index contributed by atoms with van der Waals surface area (Å²) in [5.74, 6) is 3.28. The lowest BCUT2D eigenvalue weighted by molar-refractivity contribution is -0.207. The number of aliphatic hydroxyl groups is 6. The lowest BCUT2D eigenvalue weighted by atomic mass is 9.43. The van der Waals surface area contributed by atoms with Gasteiger partial charge in [-0.05, 0) is 215 Å². The predicted octanol–water partition coefficient (Wildman–Crippen LogP) is 6.85. The van der Waals surface area contributed by atoms with Gasteiger partial charge in [0.25, 0.3) is 0 Å². The highest BCUT2D eigenvalue weighted by atomic mass is 35.5. The van der Waals surface area contributed by atoms with Crippen LogP contribution in [-0.2, 0) is 9.59 Å². The zero-order valence-electron chi connectivity index (χ0n) is 41.8. The summed E-state index contributed by atoms with van der Waals surface area (Å²) in [6.45, 7) is 16.0. The Morgan fingerprint density at radius 2 is 1.08 bits per heavy atom. The monoisotopic (exact) mass is 948 g/mol. The molecule has 380 valence electrons. The van der Waals surface area contributed by atoms with E-state index in [1.165, 1.54) is 0 Å². The number of fused-ring (bicyclic) bond motifs is 10. The molecule has 8 aliphatic rings. The number of amides is 2. The lowest BCUT2D eigenvalue weighted by Gasteiger charge is -2.63. The van der Waals surface area contributed by atoms with Crippen LogP contribution in [0, 0.1) is 92.7 Å². The van der Waals surface area contributed by atoms with E-state index in [1.807, 2.05) is 4.90 Å². The Kier molecular flexibility index (Phi) is 16.5. The maximum absolute atomic E-state index is 13.8. The summed E-state index contributed by atoms with van der Waals surface area (Å²) in [6.07, 6.45) is 13.6. The largest absolute Gasteiger partial charge is 0.393 e. The van der Waals surface area contributed by atoms with Crippen LogP contribution in [0.2, 0.25) is 0 Å². The molecule has 0 aromatic rings. The molecular formula is C54H94ClN3O8. The van der Waals surface area contributed by atoms with Crippen molar-refractivity contribution in [2.75, 3.05) is 26.2 Å². The zero-order chi connectivity index (χ0) is 46.8. The van der Waals surface area contributed by atoms with Crippen LogP contribution >= 0.6 is 12.4 Å². The van der Waals surface area contributed by atoms with E-state index in [-0.39, 0.29) is 111 Å². The molecule has 9 N–H and O–H groups in total. The molecular weight excluding hydrogens is 854 g/mol. The third-order valence-electron chi connectivity index (χ3n) is 22.6. The average molecular weight is 949 g/mol. The Hall–Kier alpha value is -1.05. The molecule has 8 fully saturated rings. The molecule has 0 unspecified atom stereocenters. The zero-order valence-corrected chi connectivity index (χ0v) is 42.6. The number of nitrogens with zero attached hydrogens (tertiary/aromatic N) is 1.